The quantitative estimate of drug-likeness (QED) is 0.702. The van der Waals surface area contributed by atoms with E-state index in [4.69, 9.17) is 0 Å². The van der Waals surface area contributed by atoms with Gasteiger partial charge in [0.25, 0.3) is 0 Å². The van der Waals surface area contributed by atoms with Gasteiger partial charge < -0.3 is 5.32 Å². The number of benzene rings is 1. The first-order valence-electron chi connectivity index (χ1n) is 7.27. The van der Waals surface area contributed by atoms with Crippen LogP contribution in [0.15, 0.2) is 36.4 Å². The van der Waals surface area contributed by atoms with E-state index in [-0.39, 0.29) is 5.91 Å². The van der Waals surface area contributed by atoms with Gasteiger partial charge in [-0.3, -0.25) is 4.79 Å². The highest BCUT2D eigenvalue weighted by atomic mass is 16.1. The molecule has 0 heterocycles. The highest BCUT2D eigenvalue weighted by Crippen LogP contribution is 2.11. The minimum atomic E-state index is -0.00111. The van der Waals surface area contributed by atoms with Gasteiger partial charge in [0, 0.05) is 12.6 Å². The molecule has 0 aliphatic heterocycles. The zero-order chi connectivity index (χ0) is 13.9. The van der Waals surface area contributed by atoms with Crippen molar-refractivity contribution < 1.29 is 4.79 Å². The summed E-state index contributed by atoms with van der Waals surface area (Å²) in [4.78, 5) is 11.7. The Labute approximate surface area is 116 Å². The lowest BCUT2D eigenvalue weighted by Crippen LogP contribution is -2.27. The second-order valence-electron chi connectivity index (χ2n) is 4.91. The Hall–Kier alpha value is -1.57. The van der Waals surface area contributed by atoms with E-state index in [0.29, 0.717) is 5.92 Å². The molecular weight excluding hydrogens is 234 g/mol. The summed E-state index contributed by atoms with van der Waals surface area (Å²) in [5.41, 5.74) is 1.05. The van der Waals surface area contributed by atoms with Gasteiger partial charge in [0.15, 0.2) is 0 Å². The van der Waals surface area contributed by atoms with Gasteiger partial charge >= 0.3 is 0 Å². The molecule has 0 saturated carbocycles. The molecule has 1 rings (SSSR count). The van der Waals surface area contributed by atoms with Crippen LogP contribution in [0.2, 0.25) is 0 Å². The molecule has 1 N–H and O–H groups in total. The third-order valence-electron chi connectivity index (χ3n) is 3.33. The maximum Gasteiger partial charge on any atom is 0.244 e. The second-order valence-corrected chi connectivity index (χ2v) is 4.91. The molecule has 1 aromatic rings. The van der Waals surface area contributed by atoms with Crippen LogP contribution >= 0.6 is 0 Å². The van der Waals surface area contributed by atoms with E-state index in [9.17, 15) is 4.79 Å². The molecule has 0 spiro atoms. The van der Waals surface area contributed by atoms with Gasteiger partial charge in [0.1, 0.15) is 0 Å². The molecule has 0 saturated heterocycles. The SMILES string of the molecule is CCCC[C@H](CC)CNC(=O)/C=C/c1ccccc1. The molecule has 0 unspecified atom stereocenters. The molecular formula is C17H25NO. The molecule has 1 amide bonds. The fourth-order valence-corrected chi connectivity index (χ4v) is 1.98. The molecule has 0 radical (unpaired) electrons. The number of carbonyl (C=O) groups is 1. The van der Waals surface area contributed by atoms with Crippen LogP contribution in [0.3, 0.4) is 0 Å². The van der Waals surface area contributed by atoms with Crippen LogP contribution in [-0.2, 0) is 4.79 Å². The molecule has 0 aliphatic rings. The normalized spacial score (nSPS) is 12.5. The minimum absolute atomic E-state index is 0.00111. The maximum absolute atomic E-state index is 11.7. The Morgan fingerprint density at radius 3 is 2.63 bits per heavy atom. The Balaban J connectivity index is 2.32. The van der Waals surface area contributed by atoms with Crippen molar-refractivity contribution in [1.29, 1.82) is 0 Å². The van der Waals surface area contributed by atoms with Crippen molar-refractivity contribution in [1.82, 2.24) is 5.32 Å². The molecule has 104 valence electrons. The van der Waals surface area contributed by atoms with Gasteiger partial charge in [0.2, 0.25) is 5.91 Å². The first-order valence-corrected chi connectivity index (χ1v) is 7.27. The van der Waals surface area contributed by atoms with E-state index in [0.717, 1.165) is 18.5 Å². The summed E-state index contributed by atoms with van der Waals surface area (Å²) >= 11 is 0. The standard InChI is InChI=1S/C17H25NO/c1-3-5-9-15(4-2)14-18-17(19)13-12-16-10-7-6-8-11-16/h6-8,10-13,15H,3-5,9,14H2,1-2H3,(H,18,19)/b13-12+/t15-/m0/s1. The first kappa shape index (κ1) is 15.5. The number of hydrogen-bond acceptors (Lipinski definition) is 1. The Morgan fingerprint density at radius 1 is 1.26 bits per heavy atom. The van der Waals surface area contributed by atoms with Crippen LogP contribution in [0, 0.1) is 5.92 Å². The molecule has 1 aromatic carbocycles. The summed E-state index contributed by atoms with van der Waals surface area (Å²) in [6, 6.07) is 9.88. The third kappa shape index (κ3) is 6.80. The van der Waals surface area contributed by atoms with Crippen LogP contribution in [0.4, 0.5) is 0 Å². The molecule has 0 fully saturated rings. The van der Waals surface area contributed by atoms with E-state index in [1.165, 1.54) is 19.3 Å². The van der Waals surface area contributed by atoms with Crippen molar-refractivity contribution in [3.63, 3.8) is 0 Å². The topological polar surface area (TPSA) is 29.1 Å². The van der Waals surface area contributed by atoms with Gasteiger partial charge in [0.05, 0.1) is 0 Å². The monoisotopic (exact) mass is 259 g/mol. The molecule has 2 heteroatoms. The fraction of sp³-hybridized carbons (Fsp3) is 0.471. The summed E-state index contributed by atoms with van der Waals surface area (Å²) in [5, 5.41) is 2.99. The van der Waals surface area contributed by atoms with E-state index < -0.39 is 0 Å². The van der Waals surface area contributed by atoms with E-state index >= 15 is 0 Å². The number of rotatable bonds is 8. The second kappa shape index (κ2) is 9.37. The number of amides is 1. The van der Waals surface area contributed by atoms with E-state index in [2.05, 4.69) is 19.2 Å². The number of hydrogen-bond donors (Lipinski definition) is 1. The van der Waals surface area contributed by atoms with Gasteiger partial charge in [-0.2, -0.15) is 0 Å². The zero-order valence-corrected chi connectivity index (χ0v) is 12.1. The van der Waals surface area contributed by atoms with Gasteiger partial charge in [-0.25, -0.2) is 0 Å². The van der Waals surface area contributed by atoms with Crippen molar-refractivity contribution in [3.8, 4) is 0 Å². The van der Waals surface area contributed by atoms with Crippen molar-refractivity contribution in [3.05, 3.63) is 42.0 Å². The number of nitrogens with one attached hydrogen (secondary N) is 1. The lowest BCUT2D eigenvalue weighted by Gasteiger charge is -2.14. The largest absolute Gasteiger partial charge is 0.352 e. The van der Waals surface area contributed by atoms with Gasteiger partial charge in [-0.05, 0) is 24.0 Å². The minimum Gasteiger partial charge on any atom is -0.352 e. The molecule has 1 atom stereocenters. The van der Waals surface area contributed by atoms with E-state index in [1.54, 1.807) is 6.08 Å². The number of unbranched alkanes of at least 4 members (excludes halogenated alkanes) is 1. The molecule has 0 bridgehead atoms. The Bertz CT molecular complexity index is 384. The molecule has 19 heavy (non-hydrogen) atoms. The summed E-state index contributed by atoms with van der Waals surface area (Å²) in [7, 11) is 0. The summed E-state index contributed by atoms with van der Waals surface area (Å²) in [5.74, 6) is 0.604. The van der Waals surface area contributed by atoms with Crippen LogP contribution < -0.4 is 5.32 Å². The highest BCUT2D eigenvalue weighted by Gasteiger charge is 2.06. The predicted molar refractivity (Wildman–Crippen MR) is 81.8 cm³/mol. The van der Waals surface area contributed by atoms with Gasteiger partial charge in [-0.1, -0.05) is 63.4 Å². The molecule has 0 aromatic heterocycles. The summed E-state index contributed by atoms with van der Waals surface area (Å²) in [6.45, 7) is 5.18. The maximum atomic E-state index is 11.7. The van der Waals surface area contributed by atoms with Crippen LogP contribution in [-0.4, -0.2) is 12.5 Å². The Morgan fingerprint density at radius 2 is 2.00 bits per heavy atom. The van der Waals surface area contributed by atoms with Crippen molar-refractivity contribution in [2.45, 2.75) is 39.5 Å². The average molecular weight is 259 g/mol. The van der Waals surface area contributed by atoms with Crippen molar-refractivity contribution in [2.24, 2.45) is 5.92 Å². The highest BCUT2D eigenvalue weighted by molar-refractivity contribution is 5.91. The van der Waals surface area contributed by atoms with Crippen molar-refractivity contribution >= 4 is 12.0 Å². The van der Waals surface area contributed by atoms with Crippen LogP contribution in [0.1, 0.15) is 45.1 Å². The molecule has 0 aliphatic carbocycles. The zero-order valence-electron chi connectivity index (χ0n) is 12.1. The van der Waals surface area contributed by atoms with Crippen LogP contribution in [0.5, 0.6) is 0 Å². The fourth-order valence-electron chi connectivity index (χ4n) is 1.98. The number of carbonyl (C=O) groups excluding carboxylic acids is 1. The summed E-state index contributed by atoms with van der Waals surface area (Å²) in [6.07, 6.45) is 8.26. The first-order chi connectivity index (χ1) is 9.26. The smallest absolute Gasteiger partial charge is 0.244 e. The van der Waals surface area contributed by atoms with Crippen molar-refractivity contribution in [2.75, 3.05) is 6.54 Å². The van der Waals surface area contributed by atoms with Gasteiger partial charge in [-0.15, -0.1) is 0 Å². The summed E-state index contributed by atoms with van der Waals surface area (Å²) < 4.78 is 0. The lowest BCUT2D eigenvalue weighted by molar-refractivity contribution is -0.116. The molecule has 2 nitrogen and oxygen atoms in total. The lowest BCUT2D eigenvalue weighted by atomic mass is 9.99. The average Bonchev–Trinajstić information content (AvgIpc) is 2.46. The Kier molecular flexibility index (Phi) is 7.64. The predicted octanol–water partition coefficient (Wildman–Crippen LogP) is 4.03. The third-order valence-corrected chi connectivity index (χ3v) is 3.33. The van der Waals surface area contributed by atoms with Crippen LogP contribution in [0.25, 0.3) is 6.08 Å². The van der Waals surface area contributed by atoms with E-state index in [1.807, 2.05) is 36.4 Å².